The van der Waals surface area contributed by atoms with E-state index in [-0.39, 0.29) is 17.9 Å². The molecule has 16 heavy (non-hydrogen) atoms. The van der Waals surface area contributed by atoms with E-state index in [1.807, 2.05) is 31.5 Å². The number of carbonyl (C=O) groups excluding carboxylic acids is 1. The molecule has 5 nitrogen and oxygen atoms in total. The van der Waals surface area contributed by atoms with E-state index in [9.17, 15) is 4.79 Å². The first kappa shape index (κ1) is 12.7. The predicted molar refractivity (Wildman–Crippen MR) is 62.8 cm³/mol. The third kappa shape index (κ3) is 3.34. The number of aryl methyl sites for hydroxylation is 1. The number of nitrogens with zero attached hydrogens (tertiary/aromatic N) is 2. The van der Waals surface area contributed by atoms with Crippen LogP contribution in [0.15, 0.2) is 12.4 Å². The zero-order chi connectivity index (χ0) is 12.1. The molecule has 1 unspecified atom stereocenters. The summed E-state index contributed by atoms with van der Waals surface area (Å²) in [6.45, 7) is 7.41. The van der Waals surface area contributed by atoms with Crippen molar-refractivity contribution in [2.45, 2.75) is 33.4 Å². The van der Waals surface area contributed by atoms with Crippen LogP contribution < -0.4 is 11.1 Å². The Balaban J connectivity index is 2.40. The van der Waals surface area contributed by atoms with E-state index in [4.69, 9.17) is 5.73 Å². The summed E-state index contributed by atoms with van der Waals surface area (Å²) in [6.07, 6.45) is 3.69. The minimum atomic E-state index is -0.294. The van der Waals surface area contributed by atoms with Crippen LogP contribution in [0.3, 0.4) is 0 Å². The van der Waals surface area contributed by atoms with Crippen LogP contribution in [-0.4, -0.2) is 28.0 Å². The lowest BCUT2D eigenvalue weighted by molar-refractivity contribution is -0.121. The number of rotatable bonds is 6. The van der Waals surface area contributed by atoms with Crippen LogP contribution in [0.4, 0.5) is 0 Å². The molecule has 0 spiro atoms. The van der Waals surface area contributed by atoms with E-state index < -0.39 is 0 Å². The van der Waals surface area contributed by atoms with E-state index >= 15 is 0 Å². The van der Waals surface area contributed by atoms with Gasteiger partial charge in [0, 0.05) is 25.5 Å². The summed E-state index contributed by atoms with van der Waals surface area (Å²) in [5, 5.41) is 3.16. The zero-order valence-electron chi connectivity index (χ0n) is 10.1. The van der Waals surface area contributed by atoms with E-state index in [2.05, 4.69) is 10.3 Å². The summed E-state index contributed by atoms with van der Waals surface area (Å²) in [5.74, 6) is 0.890. The van der Waals surface area contributed by atoms with Gasteiger partial charge in [-0.15, -0.1) is 0 Å². The van der Waals surface area contributed by atoms with Crippen LogP contribution in [0.5, 0.6) is 0 Å². The van der Waals surface area contributed by atoms with Gasteiger partial charge < -0.3 is 15.6 Å². The Kier molecular flexibility index (Phi) is 4.49. The fourth-order valence-corrected chi connectivity index (χ4v) is 1.65. The summed E-state index contributed by atoms with van der Waals surface area (Å²) in [6, 6.07) is -0.260. The standard InChI is InChI=1S/C11H20N4O/c1-8(2)10(11(12)16)14-5-7-15-6-4-13-9(15)3/h4,6,8,10,14H,5,7H2,1-3H3,(H2,12,16). The van der Waals surface area contributed by atoms with Gasteiger partial charge in [-0.05, 0) is 12.8 Å². The molecule has 1 heterocycles. The summed E-state index contributed by atoms with van der Waals surface area (Å²) in [4.78, 5) is 15.3. The predicted octanol–water partition coefficient (Wildman–Crippen LogP) is 0.291. The summed E-state index contributed by atoms with van der Waals surface area (Å²) >= 11 is 0. The molecule has 0 saturated heterocycles. The minimum Gasteiger partial charge on any atom is -0.368 e. The topological polar surface area (TPSA) is 72.9 Å². The molecular formula is C11H20N4O. The molecule has 0 aliphatic carbocycles. The highest BCUT2D eigenvalue weighted by Crippen LogP contribution is 2.00. The highest BCUT2D eigenvalue weighted by molar-refractivity contribution is 5.80. The molecule has 0 aliphatic heterocycles. The number of nitrogens with one attached hydrogen (secondary N) is 1. The zero-order valence-corrected chi connectivity index (χ0v) is 10.1. The third-order valence-corrected chi connectivity index (χ3v) is 2.61. The smallest absolute Gasteiger partial charge is 0.234 e. The number of hydrogen-bond acceptors (Lipinski definition) is 3. The SMILES string of the molecule is Cc1nccn1CCNC(C(N)=O)C(C)C. The number of hydrogen-bond donors (Lipinski definition) is 2. The lowest BCUT2D eigenvalue weighted by Gasteiger charge is -2.19. The van der Waals surface area contributed by atoms with Crippen molar-refractivity contribution in [2.75, 3.05) is 6.54 Å². The molecule has 0 radical (unpaired) electrons. The first-order chi connectivity index (χ1) is 7.52. The fourth-order valence-electron chi connectivity index (χ4n) is 1.65. The molecule has 90 valence electrons. The number of carbonyl (C=O) groups is 1. The highest BCUT2D eigenvalue weighted by atomic mass is 16.1. The number of aromatic nitrogens is 2. The second-order valence-corrected chi connectivity index (χ2v) is 4.25. The van der Waals surface area contributed by atoms with Crippen LogP contribution in [0.1, 0.15) is 19.7 Å². The maximum Gasteiger partial charge on any atom is 0.234 e. The van der Waals surface area contributed by atoms with Gasteiger partial charge in [-0.1, -0.05) is 13.8 Å². The second-order valence-electron chi connectivity index (χ2n) is 4.25. The van der Waals surface area contributed by atoms with Gasteiger partial charge >= 0.3 is 0 Å². The van der Waals surface area contributed by atoms with Crippen molar-refractivity contribution < 1.29 is 4.79 Å². The van der Waals surface area contributed by atoms with E-state index in [0.717, 1.165) is 12.4 Å². The Hall–Kier alpha value is -1.36. The maximum atomic E-state index is 11.1. The van der Waals surface area contributed by atoms with Crippen molar-refractivity contribution in [3.05, 3.63) is 18.2 Å². The molecule has 0 fully saturated rings. The molecule has 3 N–H and O–H groups in total. The van der Waals surface area contributed by atoms with Crippen molar-refractivity contribution in [3.63, 3.8) is 0 Å². The Labute approximate surface area is 96.0 Å². The number of amides is 1. The Morgan fingerprint density at radius 1 is 1.62 bits per heavy atom. The average molecular weight is 224 g/mol. The molecule has 1 aromatic rings. The van der Waals surface area contributed by atoms with E-state index in [1.165, 1.54) is 0 Å². The summed E-state index contributed by atoms with van der Waals surface area (Å²) in [5.41, 5.74) is 5.31. The first-order valence-corrected chi connectivity index (χ1v) is 5.52. The van der Waals surface area contributed by atoms with Crippen LogP contribution in [0.25, 0.3) is 0 Å². The van der Waals surface area contributed by atoms with Gasteiger partial charge in [0.05, 0.1) is 6.04 Å². The maximum absolute atomic E-state index is 11.1. The quantitative estimate of drug-likeness (QED) is 0.729. The lowest BCUT2D eigenvalue weighted by atomic mass is 10.0. The fraction of sp³-hybridized carbons (Fsp3) is 0.636. The third-order valence-electron chi connectivity index (χ3n) is 2.61. The van der Waals surface area contributed by atoms with Crippen molar-refractivity contribution in [1.29, 1.82) is 0 Å². The van der Waals surface area contributed by atoms with Gasteiger partial charge in [0.25, 0.3) is 0 Å². The number of imidazole rings is 1. The minimum absolute atomic E-state index is 0.210. The molecule has 0 bridgehead atoms. The Morgan fingerprint density at radius 3 is 2.75 bits per heavy atom. The van der Waals surface area contributed by atoms with E-state index in [0.29, 0.717) is 6.54 Å². The molecule has 0 aromatic carbocycles. The average Bonchev–Trinajstić information content (AvgIpc) is 2.57. The largest absolute Gasteiger partial charge is 0.368 e. The van der Waals surface area contributed by atoms with Crippen LogP contribution in [0.2, 0.25) is 0 Å². The number of primary amides is 1. The summed E-state index contributed by atoms with van der Waals surface area (Å²) in [7, 11) is 0. The molecule has 0 saturated carbocycles. The normalized spacial score (nSPS) is 13.0. The molecule has 5 heteroatoms. The van der Waals surface area contributed by atoms with Crippen LogP contribution >= 0.6 is 0 Å². The van der Waals surface area contributed by atoms with Gasteiger partial charge in [-0.3, -0.25) is 4.79 Å². The van der Waals surface area contributed by atoms with Crippen LogP contribution in [-0.2, 0) is 11.3 Å². The molecule has 1 amide bonds. The van der Waals surface area contributed by atoms with Crippen molar-refractivity contribution in [3.8, 4) is 0 Å². The monoisotopic (exact) mass is 224 g/mol. The Bertz CT molecular complexity index is 346. The molecule has 1 atom stereocenters. The molecule has 1 aromatic heterocycles. The van der Waals surface area contributed by atoms with Crippen LogP contribution in [0, 0.1) is 12.8 Å². The van der Waals surface area contributed by atoms with Gasteiger partial charge in [0.2, 0.25) is 5.91 Å². The van der Waals surface area contributed by atoms with Crippen molar-refractivity contribution in [2.24, 2.45) is 11.7 Å². The van der Waals surface area contributed by atoms with E-state index in [1.54, 1.807) is 6.20 Å². The lowest BCUT2D eigenvalue weighted by Crippen LogP contribution is -2.46. The second kappa shape index (κ2) is 5.65. The first-order valence-electron chi connectivity index (χ1n) is 5.52. The van der Waals surface area contributed by atoms with Gasteiger partial charge in [-0.25, -0.2) is 4.98 Å². The number of nitrogens with two attached hydrogens (primary N) is 1. The van der Waals surface area contributed by atoms with Gasteiger partial charge in [0.15, 0.2) is 0 Å². The molecular weight excluding hydrogens is 204 g/mol. The van der Waals surface area contributed by atoms with Crippen molar-refractivity contribution >= 4 is 5.91 Å². The highest BCUT2D eigenvalue weighted by Gasteiger charge is 2.17. The van der Waals surface area contributed by atoms with Crippen molar-refractivity contribution in [1.82, 2.24) is 14.9 Å². The van der Waals surface area contributed by atoms with Gasteiger partial charge in [0.1, 0.15) is 5.82 Å². The molecule has 1 rings (SSSR count). The summed E-state index contributed by atoms with van der Waals surface area (Å²) < 4.78 is 2.03. The molecule has 0 aliphatic rings. The Morgan fingerprint density at radius 2 is 2.31 bits per heavy atom. The van der Waals surface area contributed by atoms with Gasteiger partial charge in [-0.2, -0.15) is 0 Å².